The molecule has 1 heterocycles. The number of hydrogen-bond acceptors (Lipinski definition) is 4. The van der Waals surface area contributed by atoms with Gasteiger partial charge >= 0.3 is 5.97 Å². The summed E-state index contributed by atoms with van der Waals surface area (Å²) in [4.78, 5) is 26.7. The van der Waals surface area contributed by atoms with Crippen molar-refractivity contribution in [1.29, 1.82) is 0 Å². The monoisotopic (exact) mass is 256 g/mol. The Bertz CT molecular complexity index is 284. The maximum absolute atomic E-state index is 11.4. The van der Waals surface area contributed by atoms with E-state index in [-0.39, 0.29) is 17.8 Å². The van der Waals surface area contributed by atoms with E-state index in [0.29, 0.717) is 6.42 Å². The van der Waals surface area contributed by atoms with E-state index < -0.39 is 0 Å². The van der Waals surface area contributed by atoms with Crippen molar-refractivity contribution < 1.29 is 14.3 Å². The second-order valence-corrected chi connectivity index (χ2v) is 5.03. The summed E-state index contributed by atoms with van der Waals surface area (Å²) in [5.41, 5.74) is 0. The van der Waals surface area contributed by atoms with E-state index in [1.54, 1.807) is 19.0 Å². The first-order valence-corrected chi connectivity index (χ1v) is 6.55. The molecule has 0 radical (unpaired) electrons. The largest absolute Gasteiger partial charge is 0.469 e. The lowest BCUT2D eigenvalue weighted by Gasteiger charge is -2.30. The smallest absolute Gasteiger partial charge is 0.308 e. The van der Waals surface area contributed by atoms with Crippen molar-refractivity contribution in [3.8, 4) is 0 Å². The number of amides is 1. The predicted octanol–water partition coefficient (Wildman–Crippen LogP) is 0.740. The highest BCUT2D eigenvalue weighted by molar-refractivity contribution is 5.75. The van der Waals surface area contributed by atoms with Crippen molar-refractivity contribution in [1.82, 2.24) is 9.80 Å². The van der Waals surface area contributed by atoms with Crippen molar-refractivity contribution in [3.63, 3.8) is 0 Å². The van der Waals surface area contributed by atoms with Gasteiger partial charge in [-0.05, 0) is 38.9 Å². The molecule has 0 aromatic heterocycles. The zero-order valence-corrected chi connectivity index (χ0v) is 11.6. The molecule has 0 N–H and O–H groups in total. The van der Waals surface area contributed by atoms with Crippen LogP contribution in [0, 0.1) is 5.92 Å². The molecule has 1 aliphatic rings. The molecule has 0 spiro atoms. The third-order valence-corrected chi connectivity index (χ3v) is 3.49. The van der Waals surface area contributed by atoms with Crippen molar-refractivity contribution in [3.05, 3.63) is 0 Å². The number of ether oxygens (including phenoxy) is 1. The fraction of sp³-hybridized carbons (Fsp3) is 0.846. The van der Waals surface area contributed by atoms with E-state index in [9.17, 15) is 9.59 Å². The summed E-state index contributed by atoms with van der Waals surface area (Å²) in [6, 6.07) is 0. The van der Waals surface area contributed by atoms with Gasteiger partial charge in [0.1, 0.15) is 0 Å². The second kappa shape index (κ2) is 7.36. The molecule has 0 atom stereocenters. The molecule has 0 bridgehead atoms. The standard InChI is InChI=1S/C13H24N2O3/c1-14(2)12(16)5-4-8-15-9-6-11(7-10-15)13(17)18-3/h11H,4-10H2,1-3H3. The normalized spacial score (nSPS) is 17.5. The molecule has 1 fully saturated rings. The van der Waals surface area contributed by atoms with E-state index in [4.69, 9.17) is 4.74 Å². The fourth-order valence-electron chi connectivity index (χ4n) is 2.24. The van der Waals surface area contributed by atoms with Crippen molar-refractivity contribution in [2.75, 3.05) is 40.8 Å². The molecule has 0 saturated carbocycles. The summed E-state index contributed by atoms with van der Waals surface area (Å²) >= 11 is 0. The van der Waals surface area contributed by atoms with Crippen LogP contribution < -0.4 is 0 Å². The average molecular weight is 256 g/mol. The van der Waals surface area contributed by atoms with Gasteiger partial charge in [-0.25, -0.2) is 0 Å². The van der Waals surface area contributed by atoms with Gasteiger partial charge in [0.25, 0.3) is 0 Å². The van der Waals surface area contributed by atoms with Crippen LogP contribution in [0.5, 0.6) is 0 Å². The zero-order valence-electron chi connectivity index (χ0n) is 11.6. The Morgan fingerprint density at radius 2 is 1.89 bits per heavy atom. The molecule has 104 valence electrons. The van der Waals surface area contributed by atoms with Crippen molar-refractivity contribution in [2.45, 2.75) is 25.7 Å². The van der Waals surface area contributed by atoms with Gasteiger partial charge in [0.2, 0.25) is 5.91 Å². The number of rotatable bonds is 5. The molecular weight excluding hydrogens is 232 g/mol. The first-order chi connectivity index (χ1) is 8.54. The van der Waals surface area contributed by atoms with Crippen molar-refractivity contribution in [2.24, 2.45) is 5.92 Å². The Labute approximate surface area is 109 Å². The third-order valence-electron chi connectivity index (χ3n) is 3.49. The minimum Gasteiger partial charge on any atom is -0.469 e. The van der Waals surface area contributed by atoms with Crippen LogP contribution in [0.25, 0.3) is 0 Å². The molecule has 5 nitrogen and oxygen atoms in total. The van der Waals surface area contributed by atoms with Crippen LogP contribution >= 0.6 is 0 Å². The molecule has 0 unspecified atom stereocenters. The summed E-state index contributed by atoms with van der Waals surface area (Å²) in [5.74, 6) is 0.159. The summed E-state index contributed by atoms with van der Waals surface area (Å²) in [7, 11) is 5.01. The SMILES string of the molecule is COC(=O)C1CCN(CCCC(=O)N(C)C)CC1. The van der Waals surface area contributed by atoms with E-state index in [1.807, 2.05) is 0 Å². The highest BCUT2D eigenvalue weighted by atomic mass is 16.5. The van der Waals surface area contributed by atoms with Crippen LogP contribution in [0.3, 0.4) is 0 Å². The Balaban J connectivity index is 2.16. The first kappa shape index (κ1) is 15.0. The summed E-state index contributed by atoms with van der Waals surface area (Å²) in [6.45, 7) is 2.79. The molecule has 0 aromatic carbocycles. The first-order valence-electron chi connectivity index (χ1n) is 6.55. The number of hydrogen-bond donors (Lipinski definition) is 0. The molecule has 1 aliphatic heterocycles. The fourth-order valence-corrected chi connectivity index (χ4v) is 2.24. The van der Waals surface area contributed by atoms with Gasteiger partial charge < -0.3 is 14.5 Å². The number of nitrogens with zero attached hydrogens (tertiary/aromatic N) is 2. The quantitative estimate of drug-likeness (QED) is 0.681. The zero-order chi connectivity index (χ0) is 13.5. The Hall–Kier alpha value is -1.10. The van der Waals surface area contributed by atoms with Gasteiger partial charge in [-0.15, -0.1) is 0 Å². The molecule has 5 heteroatoms. The van der Waals surface area contributed by atoms with Crippen molar-refractivity contribution >= 4 is 11.9 Å². The topological polar surface area (TPSA) is 49.9 Å². The van der Waals surface area contributed by atoms with E-state index >= 15 is 0 Å². The predicted molar refractivity (Wildman–Crippen MR) is 69.1 cm³/mol. The molecule has 0 aliphatic carbocycles. The second-order valence-electron chi connectivity index (χ2n) is 5.03. The molecule has 18 heavy (non-hydrogen) atoms. The van der Waals surface area contributed by atoms with Gasteiger partial charge in [0.05, 0.1) is 13.0 Å². The van der Waals surface area contributed by atoms with Gasteiger partial charge in [-0.1, -0.05) is 0 Å². The molecule has 0 aromatic rings. The number of likely N-dealkylation sites (tertiary alicyclic amines) is 1. The Kier molecular flexibility index (Phi) is 6.12. The lowest BCUT2D eigenvalue weighted by atomic mass is 9.97. The molecule has 1 amide bonds. The summed E-state index contributed by atoms with van der Waals surface area (Å²) in [6.07, 6.45) is 3.23. The molecular formula is C13H24N2O3. The Morgan fingerprint density at radius 1 is 1.28 bits per heavy atom. The lowest BCUT2D eigenvalue weighted by molar-refractivity contribution is -0.147. The van der Waals surface area contributed by atoms with Gasteiger partial charge in [-0.2, -0.15) is 0 Å². The third kappa shape index (κ3) is 4.64. The van der Waals surface area contributed by atoms with Crippen LogP contribution in [0.15, 0.2) is 0 Å². The minimum atomic E-state index is -0.0857. The number of carbonyl (C=O) groups excluding carboxylic acids is 2. The minimum absolute atomic E-state index is 0.0645. The highest BCUT2D eigenvalue weighted by Crippen LogP contribution is 2.18. The maximum Gasteiger partial charge on any atom is 0.308 e. The number of piperidine rings is 1. The van der Waals surface area contributed by atoms with Crippen LogP contribution in [-0.2, 0) is 14.3 Å². The highest BCUT2D eigenvalue weighted by Gasteiger charge is 2.25. The van der Waals surface area contributed by atoms with Gasteiger partial charge in [0.15, 0.2) is 0 Å². The average Bonchev–Trinajstić information content (AvgIpc) is 2.38. The summed E-state index contributed by atoms with van der Waals surface area (Å²) in [5, 5.41) is 0. The van der Waals surface area contributed by atoms with Crippen LogP contribution in [0.1, 0.15) is 25.7 Å². The van der Waals surface area contributed by atoms with Gasteiger partial charge in [0, 0.05) is 20.5 Å². The molecule has 1 saturated heterocycles. The van der Waals surface area contributed by atoms with E-state index in [2.05, 4.69) is 4.90 Å². The van der Waals surface area contributed by atoms with E-state index in [0.717, 1.165) is 38.9 Å². The number of esters is 1. The van der Waals surface area contributed by atoms with Gasteiger partial charge in [-0.3, -0.25) is 9.59 Å². The molecule has 1 rings (SSSR count). The summed E-state index contributed by atoms with van der Waals surface area (Å²) < 4.78 is 4.76. The lowest BCUT2D eigenvalue weighted by Crippen LogP contribution is -2.37. The van der Waals surface area contributed by atoms with Crippen LogP contribution in [0.2, 0.25) is 0 Å². The van der Waals surface area contributed by atoms with E-state index in [1.165, 1.54) is 7.11 Å². The van der Waals surface area contributed by atoms with Crippen LogP contribution in [0.4, 0.5) is 0 Å². The maximum atomic E-state index is 11.4. The number of methoxy groups -OCH3 is 1. The Morgan fingerprint density at radius 3 is 2.39 bits per heavy atom. The number of carbonyl (C=O) groups is 2. The van der Waals surface area contributed by atoms with Crippen LogP contribution in [-0.4, -0.2) is 62.5 Å².